The summed E-state index contributed by atoms with van der Waals surface area (Å²) in [4.78, 5) is 0. The summed E-state index contributed by atoms with van der Waals surface area (Å²) >= 11 is 0. The van der Waals surface area contributed by atoms with Gasteiger partial charge in [-0.1, -0.05) is 25.5 Å². The molecule has 1 heterocycles. The third-order valence-electron chi connectivity index (χ3n) is 5.97. The highest BCUT2D eigenvalue weighted by Crippen LogP contribution is 2.66. The molecule has 2 aliphatic carbocycles. The van der Waals surface area contributed by atoms with Crippen LogP contribution in [0.1, 0.15) is 46.5 Å². The first kappa shape index (κ1) is 11.7. The van der Waals surface area contributed by atoms with Gasteiger partial charge in [-0.05, 0) is 49.9 Å². The zero-order valence-corrected chi connectivity index (χ0v) is 11.2. The summed E-state index contributed by atoms with van der Waals surface area (Å²) in [6.07, 6.45) is 6.59. The second kappa shape index (κ2) is 3.58. The summed E-state index contributed by atoms with van der Waals surface area (Å²) < 4.78 is 5.49. The lowest BCUT2D eigenvalue weighted by molar-refractivity contribution is -0.150. The number of aliphatic hydroxyl groups is 1. The summed E-state index contributed by atoms with van der Waals surface area (Å²) in [5, 5.41) is 10.3. The predicted octanol–water partition coefficient (Wildman–Crippen LogP) is 3.11. The minimum absolute atomic E-state index is 0.00343. The molecule has 1 N–H and O–H groups in total. The molecule has 4 atom stereocenters. The third-order valence-corrected chi connectivity index (χ3v) is 5.97. The van der Waals surface area contributed by atoms with Crippen molar-refractivity contribution in [1.29, 1.82) is 0 Å². The van der Waals surface area contributed by atoms with E-state index in [0.29, 0.717) is 5.92 Å². The van der Waals surface area contributed by atoms with Gasteiger partial charge in [0.15, 0.2) is 6.29 Å². The first-order chi connectivity index (χ1) is 7.97. The third kappa shape index (κ3) is 1.40. The lowest BCUT2D eigenvalue weighted by atomic mass is 9.62. The Kier molecular flexibility index (Phi) is 2.47. The van der Waals surface area contributed by atoms with Crippen LogP contribution in [0.4, 0.5) is 0 Å². The molecule has 3 rings (SSSR count). The number of ether oxygens (including phenoxy) is 1. The predicted molar refractivity (Wildman–Crippen MR) is 67.4 cm³/mol. The fourth-order valence-corrected chi connectivity index (χ4v) is 4.79. The molecular weight excluding hydrogens is 212 g/mol. The molecule has 4 unspecified atom stereocenters. The molecule has 3 aliphatic rings. The van der Waals surface area contributed by atoms with Crippen LogP contribution in [-0.2, 0) is 4.74 Å². The van der Waals surface area contributed by atoms with Crippen LogP contribution in [0.15, 0.2) is 11.6 Å². The zero-order chi connectivity index (χ0) is 12.3. The fourth-order valence-electron chi connectivity index (χ4n) is 4.79. The van der Waals surface area contributed by atoms with E-state index in [9.17, 15) is 5.11 Å². The van der Waals surface area contributed by atoms with Gasteiger partial charge < -0.3 is 9.84 Å². The van der Waals surface area contributed by atoms with E-state index in [4.69, 9.17) is 4.74 Å². The van der Waals surface area contributed by atoms with Crippen LogP contribution < -0.4 is 0 Å². The summed E-state index contributed by atoms with van der Waals surface area (Å²) in [5.41, 5.74) is 1.74. The number of hydrogen-bond donors (Lipinski definition) is 1. The average Bonchev–Trinajstić information content (AvgIpc) is 2.70. The molecule has 1 aliphatic heterocycles. The van der Waals surface area contributed by atoms with Gasteiger partial charge in [0, 0.05) is 5.41 Å². The van der Waals surface area contributed by atoms with Gasteiger partial charge in [-0.15, -0.1) is 0 Å². The quantitative estimate of drug-likeness (QED) is 0.655. The number of hydrogen-bond acceptors (Lipinski definition) is 2. The van der Waals surface area contributed by atoms with Crippen LogP contribution in [0, 0.1) is 22.7 Å². The first-order valence-electron chi connectivity index (χ1n) is 6.94. The van der Waals surface area contributed by atoms with Crippen LogP contribution >= 0.6 is 0 Å². The van der Waals surface area contributed by atoms with Crippen molar-refractivity contribution in [2.45, 2.75) is 52.7 Å². The SMILES string of the molecule is CC1=CC2CC3(CCOC3O)C(C)(C)C2CC1. The topological polar surface area (TPSA) is 29.5 Å². The van der Waals surface area contributed by atoms with Crippen LogP contribution in [0.5, 0.6) is 0 Å². The molecule has 2 nitrogen and oxygen atoms in total. The number of rotatable bonds is 0. The maximum Gasteiger partial charge on any atom is 0.160 e. The summed E-state index contributed by atoms with van der Waals surface area (Å²) in [7, 11) is 0. The fraction of sp³-hybridized carbons (Fsp3) is 0.867. The Morgan fingerprint density at radius 2 is 2.18 bits per heavy atom. The van der Waals surface area contributed by atoms with Crippen molar-refractivity contribution in [3.8, 4) is 0 Å². The maximum absolute atomic E-state index is 10.3. The molecule has 2 heteroatoms. The Labute approximate surface area is 104 Å². The van der Waals surface area contributed by atoms with Gasteiger partial charge in [-0.3, -0.25) is 0 Å². The Morgan fingerprint density at radius 1 is 1.41 bits per heavy atom. The van der Waals surface area contributed by atoms with E-state index in [1.807, 2.05) is 0 Å². The van der Waals surface area contributed by atoms with Crippen LogP contribution in [0.25, 0.3) is 0 Å². The van der Waals surface area contributed by atoms with Gasteiger partial charge in [0.25, 0.3) is 0 Å². The van der Waals surface area contributed by atoms with E-state index < -0.39 is 6.29 Å². The number of aliphatic hydroxyl groups excluding tert-OH is 1. The van der Waals surface area contributed by atoms with E-state index in [1.54, 1.807) is 0 Å². The van der Waals surface area contributed by atoms with Gasteiger partial charge in [-0.2, -0.15) is 0 Å². The highest BCUT2D eigenvalue weighted by molar-refractivity contribution is 5.18. The van der Waals surface area contributed by atoms with Crippen LogP contribution in [0.3, 0.4) is 0 Å². The molecule has 17 heavy (non-hydrogen) atoms. The van der Waals surface area contributed by atoms with E-state index in [2.05, 4.69) is 26.8 Å². The second-order valence-electron chi connectivity index (χ2n) is 6.88. The normalized spacial score (nSPS) is 48.2. The van der Waals surface area contributed by atoms with Crippen molar-refractivity contribution in [3.63, 3.8) is 0 Å². The van der Waals surface area contributed by atoms with E-state index >= 15 is 0 Å². The van der Waals surface area contributed by atoms with Crippen molar-refractivity contribution in [2.75, 3.05) is 6.61 Å². The van der Waals surface area contributed by atoms with Gasteiger partial charge in [0.1, 0.15) is 0 Å². The Hall–Kier alpha value is -0.340. The Bertz CT molecular complexity index is 358. The molecule has 0 aromatic carbocycles. The molecule has 1 spiro atoms. The summed E-state index contributed by atoms with van der Waals surface area (Å²) in [5.74, 6) is 1.39. The van der Waals surface area contributed by atoms with Gasteiger partial charge in [0.2, 0.25) is 0 Å². The summed E-state index contributed by atoms with van der Waals surface area (Å²) in [6.45, 7) is 7.68. The summed E-state index contributed by atoms with van der Waals surface area (Å²) in [6, 6.07) is 0. The van der Waals surface area contributed by atoms with Crippen molar-refractivity contribution in [1.82, 2.24) is 0 Å². The van der Waals surface area contributed by atoms with Gasteiger partial charge >= 0.3 is 0 Å². The molecule has 2 fully saturated rings. The molecule has 0 radical (unpaired) electrons. The molecule has 1 saturated heterocycles. The van der Waals surface area contributed by atoms with E-state index in [1.165, 1.54) is 18.4 Å². The van der Waals surface area contributed by atoms with Crippen molar-refractivity contribution < 1.29 is 9.84 Å². The number of fused-ring (bicyclic) bond motifs is 1. The van der Waals surface area contributed by atoms with Crippen molar-refractivity contribution in [3.05, 3.63) is 11.6 Å². The van der Waals surface area contributed by atoms with E-state index in [-0.39, 0.29) is 10.8 Å². The molecule has 1 saturated carbocycles. The van der Waals surface area contributed by atoms with E-state index in [0.717, 1.165) is 25.4 Å². The minimum atomic E-state index is -0.545. The molecule has 0 amide bonds. The largest absolute Gasteiger partial charge is 0.367 e. The van der Waals surface area contributed by atoms with Crippen LogP contribution in [0.2, 0.25) is 0 Å². The van der Waals surface area contributed by atoms with Crippen molar-refractivity contribution >= 4 is 0 Å². The second-order valence-corrected chi connectivity index (χ2v) is 6.88. The lowest BCUT2D eigenvalue weighted by Gasteiger charge is -2.43. The molecule has 96 valence electrons. The highest BCUT2D eigenvalue weighted by Gasteiger charge is 2.63. The zero-order valence-electron chi connectivity index (χ0n) is 11.2. The molecular formula is C15H24O2. The minimum Gasteiger partial charge on any atom is -0.367 e. The van der Waals surface area contributed by atoms with Gasteiger partial charge in [0.05, 0.1) is 6.61 Å². The van der Waals surface area contributed by atoms with Crippen LogP contribution in [-0.4, -0.2) is 18.0 Å². The molecule has 0 aromatic rings. The molecule has 0 bridgehead atoms. The molecule has 0 aromatic heterocycles. The number of allylic oxidation sites excluding steroid dienone is 2. The lowest BCUT2D eigenvalue weighted by Crippen LogP contribution is -2.42. The highest BCUT2D eigenvalue weighted by atomic mass is 16.6. The maximum atomic E-state index is 10.3. The van der Waals surface area contributed by atoms with Gasteiger partial charge in [-0.25, -0.2) is 0 Å². The average molecular weight is 236 g/mol. The smallest absolute Gasteiger partial charge is 0.160 e. The monoisotopic (exact) mass is 236 g/mol. The standard InChI is InChI=1S/C15H24O2/c1-10-4-5-12-11(8-10)9-15(14(12,2)3)6-7-17-13(15)16/h8,11-13,16H,4-7,9H2,1-3H3. The Morgan fingerprint density at radius 3 is 2.82 bits per heavy atom. The van der Waals surface area contributed by atoms with Crippen molar-refractivity contribution in [2.24, 2.45) is 22.7 Å². The Balaban J connectivity index is 1.99. The first-order valence-corrected chi connectivity index (χ1v) is 6.94.